The van der Waals surface area contributed by atoms with Crippen LogP contribution in [-0.2, 0) is 24.8 Å². The third-order valence-electron chi connectivity index (χ3n) is 4.80. The summed E-state index contributed by atoms with van der Waals surface area (Å²) in [4.78, 5) is 14.2. The predicted molar refractivity (Wildman–Crippen MR) is 116 cm³/mol. The minimum atomic E-state index is -4.22. The molecule has 0 spiro atoms. The lowest BCUT2D eigenvalue weighted by atomic mass is 9.97. The molecule has 1 aliphatic heterocycles. The molecule has 2 rings (SSSR count). The Bertz CT molecular complexity index is 940. The van der Waals surface area contributed by atoms with Crippen molar-refractivity contribution in [1.82, 2.24) is 14.3 Å². The van der Waals surface area contributed by atoms with E-state index in [2.05, 4.69) is 9.44 Å². The second-order valence-corrected chi connectivity index (χ2v) is 11.8. The maximum absolute atomic E-state index is 14.0. The maximum atomic E-state index is 14.0. The largest absolute Gasteiger partial charge is 0.341 e. The second-order valence-electron chi connectivity index (χ2n) is 7.30. The average molecular weight is 482 g/mol. The molecule has 1 aliphatic rings. The Kier molecular flexibility index (Phi) is 9.10. The molecular formula is C18H28FN3O5S3. The number of benzene rings is 1. The molecule has 0 aromatic heterocycles. The van der Waals surface area contributed by atoms with E-state index in [0.29, 0.717) is 25.3 Å². The third kappa shape index (κ3) is 7.49. The first kappa shape index (κ1) is 25.1. The first-order chi connectivity index (χ1) is 14.0. The molecule has 0 bridgehead atoms. The topological polar surface area (TPSA) is 113 Å². The normalized spacial score (nSPS) is 18.9. The van der Waals surface area contributed by atoms with Crippen molar-refractivity contribution in [3.05, 3.63) is 30.1 Å². The highest BCUT2D eigenvalue weighted by atomic mass is 32.2. The smallest absolute Gasteiger partial charge is 0.244 e. The average Bonchev–Trinajstić information content (AvgIpc) is 2.69. The van der Waals surface area contributed by atoms with Crippen molar-refractivity contribution < 1.29 is 26.0 Å². The van der Waals surface area contributed by atoms with Gasteiger partial charge in [-0.2, -0.15) is 16.5 Å². The molecule has 2 N–H and O–H groups in total. The van der Waals surface area contributed by atoms with Crippen LogP contribution < -0.4 is 9.44 Å². The SMILES string of the molecule is CSCCC(NS(=O)(=O)c1ccccc1F)C(=O)N1CCCC(CNS(C)(=O)=O)C1. The monoisotopic (exact) mass is 481 g/mol. The van der Waals surface area contributed by atoms with E-state index >= 15 is 0 Å². The van der Waals surface area contributed by atoms with Crippen LogP contribution in [-0.4, -0.2) is 71.6 Å². The number of rotatable bonds is 10. The summed E-state index contributed by atoms with van der Waals surface area (Å²) in [7, 11) is -7.55. The van der Waals surface area contributed by atoms with Gasteiger partial charge in [-0.05, 0) is 49.3 Å². The number of carbonyl (C=O) groups excluding carboxylic acids is 1. The quantitative estimate of drug-likeness (QED) is 0.516. The van der Waals surface area contributed by atoms with E-state index in [9.17, 15) is 26.0 Å². The van der Waals surface area contributed by atoms with E-state index in [1.54, 1.807) is 4.90 Å². The number of hydrogen-bond donors (Lipinski definition) is 2. The Morgan fingerprint density at radius 3 is 2.63 bits per heavy atom. The Morgan fingerprint density at radius 2 is 2.00 bits per heavy atom. The van der Waals surface area contributed by atoms with Crippen molar-refractivity contribution >= 4 is 37.7 Å². The lowest BCUT2D eigenvalue weighted by molar-refractivity contribution is -0.134. The molecule has 2 unspecified atom stereocenters. The van der Waals surface area contributed by atoms with Crippen LogP contribution in [0.5, 0.6) is 0 Å². The predicted octanol–water partition coefficient (Wildman–Crippen LogP) is 1.01. The van der Waals surface area contributed by atoms with Crippen LogP contribution in [0.1, 0.15) is 19.3 Å². The van der Waals surface area contributed by atoms with Crippen LogP contribution in [0.3, 0.4) is 0 Å². The van der Waals surface area contributed by atoms with E-state index in [0.717, 1.165) is 24.8 Å². The summed E-state index contributed by atoms with van der Waals surface area (Å²) in [5.41, 5.74) is 0. The zero-order valence-corrected chi connectivity index (χ0v) is 19.5. The van der Waals surface area contributed by atoms with Gasteiger partial charge in [-0.25, -0.2) is 25.9 Å². The molecule has 1 fully saturated rings. The molecule has 8 nitrogen and oxygen atoms in total. The number of thioether (sulfide) groups is 1. The number of piperidine rings is 1. The summed E-state index contributed by atoms with van der Waals surface area (Å²) in [5.74, 6) is -0.774. The summed E-state index contributed by atoms with van der Waals surface area (Å²) >= 11 is 1.47. The van der Waals surface area contributed by atoms with Crippen LogP contribution in [0.2, 0.25) is 0 Å². The van der Waals surface area contributed by atoms with Crippen molar-refractivity contribution in [2.75, 3.05) is 37.9 Å². The summed E-state index contributed by atoms with van der Waals surface area (Å²) < 4.78 is 66.9. The molecule has 1 amide bonds. The molecule has 12 heteroatoms. The van der Waals surface area contributed by atoms with Crippen LogP contribution in [0.25, 0.3) is 0 Å². The standard InChI is InChI=1S/C18H28FN3O5S3/c1-28-11-9-16(21-30(26,27)17-8-4-3-7-15(17)19)18(23)22-10-5-6-14(13-22)12-20-29(2,24)25/h3-4,7-8,14,16,20-21H,5-6,9-13H2,1-2H3. The van der Waals surface area contributed by atoms with Crippen molar-refractivity contribution in [1.29, 1.82) is 0 Å². The van der Waals surface area contributed by atoms with Gasteiger partial charge < -0.3 is 4.90 Å². The molecule has 0 saturated carbocycles. The highest BCUT2D eigenvalue weighted by molar-refractivity contribution is 7.98. The summed E-state index contributed by atoms with van der Waals surface area (Å²) in [6.45, 7) is 1.02. The molecule has 2 atom stereocenters. The zero-order chi connectivity index (χ0) is 22.4. The van der Waals surface area contributed by atoms with Crippen molar-refractivity contribution in [3.8, 4) is 0 Å². The Morgan fingerprint density at radius 1 is 1.30 bits per heavy atom. The second kappa shape index (κ2) is 10.9. The molecule has 1 aromatic carbocycles. The molecule has 170 valence electrons. The van der Waals surface area contributed by atoms with E-state index in [1.807, 2.05) is 6.26 Å². The highest BCUT2D eigenvalue weighted by Gasteiger charge is 2.32. The molecular weight excluding hydrogens is 453 g/mol. The van der Waals surface area contributed by atoms with Gasteiger partial charge in [0.2, 0.25) is 26.0 Å². The van der Waals surface area contributed by atoms with Gasteiger partial charge in [-0.1, -0.05) is 12.1 Å². The van der Waals surface area contributed by atoms with E-state index in [-0.39, 0.29) is 24.8 Å². The fourth-order valence-corrected chi connectivity index (χ4v) is 5.62. The number of nitrogens with zero attached hydrogens (tertiary/aromatic N) is 1. The van der Waals surface area contributed by atoms with Gasteiger partial charge in [-0.15, -0.1) is 0 Å². The number of amides is 1. The summed E-state index contributed by atoms with van der Waals surface area (Å²) in [5, 5.41) is 0. The van der Waals surface area contributed by atoms with Gasteiger partial charge in [0.25, 0.3) is 0 Å². The Balaban J connectivity index is 2.13. The van der Waals surface area contributed by atoms with Gasteiger partial charge >= 0.3 is 0 Å². The fraction of sp³-hybridized carbons (Fsp3) is 0.611. The third-order valence-corrected chi connectivity index (χ3v) is 7.64. The minimum Gasteiger partial charge on any atom is -0.341 e. The number of hydrogen-bond acceptors (Lipinski definition) is 6. The number of sulfonamides is 2. The number of likely N-dealkylation sites (tertiary alicyclic amines) is 1. The van der Waals surface area contributed by atoms with Gasteiger partial charge in [0.05, 0.1) is 6.26 Å². The zero-order valence-electron chi connectivity index (χ0n) is 17.0. The summed E-state index contributed by atoms with van der Waals surface area (Å²) in [6, 6.07) is 3.99. The van der Waals surface area contributed by atoms with Crippen LogP contribution in [0.4, 0.5) is 4.39 Å². The van der Waals surface area contributed by atoms with Crippen LogP contribution in [0.15, 0.2) is 29.2 Å². The minimum absolute atomic E-state index is 0.0539. The fourth-order valence-electron chi connectivity index (χ4n) is 3.30. The van der Waals surface area contributed by atoms with Gasteiger partial charge in [0, 0.05) is 19.6 Å². The van der Waals surface area contributed by atoms with E-state index in [1.165, 1.54) is 23.9 Å². The molecule has 1 saturated heterocycles. The van der Waals surface area contributed by atoms with Crippen LogP contribution in [0, 0.1) is 11.7 Å². The molecule has 1 aromatic rings. The number of halogens is 1. The molecule has 0 radical (unpaired) electrons. The Hall–Kier alpha value is -1.21. The highest BCUT2D eigenvalue weighted by Crippen LogP contribution is 2.20. The van der Waals surface area contributed by atoms with E-state index in [4.69, 9.17) is 0 Å². The summed E-state index contributed by atoms with van der Waals surface area (Å²) in [6.07, 6.45) is 4.64. The van der Waals surface area contributed by atoms with Crippen LogP contribution >= 0.6 is 11.8 Å². The maximum Gasteiger partial charge on any atom is 0.244 e. The molecule has 0 aliphatic carbocycles. The van der Waals surface area contributed by atoms with E-state index < -0.39 is 36.8 Å². The van der Waals surface area contributed by atoms with Gasteiger partial charge in [0.1, 0.15) is 16.8 Å². The van der Waals surface area contributed by atoms with Gasteiger partial charge in [0.15, 0.2) is 0 Å². The lowest BCUT2D eigenvalue weighted by Gasteiger charge is -2.35. The number of nitrogens with one attached hydrogen (secondary N) is 2. The van der Waals surface area contributed by atoms with Crippen molar-refractivity contribution in [2.24, 2.45) is 5.92 Å². The van der Waals surface area contributed by atoms with Crippen molar-refractivity contribution in [2.45, 2.75) is 30.2 Å². The number of carbonyl (C=O) groups is 1. The lowest BCUT2D eigenvalue weighted by Crippen LogP contribution is -2.52. The molecule has 1 heterocycles. The first-order valence-electron chi connectivity index (χ1n) is 9.52. The van der Waals surface area contributed by atoms with Crippen molar-refractivity contribution in [3.63, 3.8) is 0 Å². The molecule has 30 heavy (non-hydrogen) atoms. The first-order valence-corrected chi connectivity index (χ1v) is 14.3. The van der Waals surface area contributed by atoms with Gasteiger partial charge in [-0.3, -0.25) is 4.79 Å². The Labute approximate surface area is 182 Å².